The quantitative estimate of drug-likeness (QED) is 0.744. The number of carbonyl (C=O) groups excluding carboxylic acids is 3. The van der Waals surface area contributed by atoms with Crippen molar-refractivity contribution in [3.05, 3.63) is 54.1 Å². The summed E-state index contributed by atoms with van der Waals surface area (Å²) in [6, 6.07) is 14.8. The number of carbonyl (C=O) groups is 3. The molecule has 2 N–H and O–H groups in total. The van der Waals surface area contributed by atoms with E-state index in [-0.39, 0.29) is 30.3 Å². The summed E-state index contributed by atoms with van der Waals surface area (Å²) in [5.74, 6) is 0.160. The van der Waals surface area contributed by atoms with Gasteiger partial charge in [0.1, 0.15) is 5.75 Å². The standard InChI is InChI=1S/C23H28N4O4/c1-16(28)24-20-10-9-19(31-3)13-21(20)25-23(30)15-26-11-12-27(17(2)29)22(14-26)18-7-5-4-6-8-18/h4-10,13,22H,11-12,14-15H2,1-3H3,(H,24,28)(H,25,30)/t22-/m1/s1. The third-order valence-electron chi connectivity index (χ3n) is 5.23. The van der Waals surface area contributed by atoms with Crippen molar-refractivity contribution in [1.82, 2.24) is 9.80 Å². The highest BCUT2D eigenvalue weighted by atomic mass is 16.5. The Morgan fingerprint density at radius 1 is 1.00 bits per heavy atom. The Bertz CT molecular complexity index is 948. The summed E-state index contributed by atoms with van der Waals surface area (Å²) in [5, 5.41) is 5.58. The molecule has 8 heteroatoms. The maximum atomic E-state index is 12.8. The summed E-state index contributed by atoms with van der Waals surface area (Å²) < 4.78 is 5.23. The minimum absolute atomic E-state index is 0.0225. The molecule has 8 nitrogen and oxygen atoms in total. The summed E-state index contributed by atoms with van der Waals surface area (Å²) in [6.07, 6.45) is 0. The summed E-state index contributed by atoms with van der Waals surface area (Å²) in [5.41, 5.74) is 2.02. The molecule has 0 aliphatic carbocycles. The number of rotatable bonds is 6. The normalized spacial score (nSPS) is 16.5. The number of amides is 3. The van der Waals surface area contributed by atoms with E-state index < -0.39 is 0 Å². The molecule has 2 aromatic carbocycles. The van der Waals surface area contributed by atoms with Crippen molar-refractivity contribution in [3.8, 4) is 5.75 Å². The van der Waals surface area contributed by atoms with Gasteiger partial charge in [0.25, 0.3) is 0 Å². The van der Waals surface area contributed by atoms with Crippen molar-refractivity contribution in [2.24, 2.45) is 0 Å². The van der Waals surface area contributed by atoms with Crippen LogP contribution in [-0.4, -0.2) is 60.8 Å². The van der Waals surface area contributed by atoms with E-state index in [9.17, 15) is 14.4 Å². The Morgan fingerprint density at radius 3 is 2.39 bits per heavy atom. The van der Waals surface area contributed by atoms with Gasteiger partial charge in [-0.2, -0.15) is 0 Å². The molecule has 1 aliphatic heterocycles. The number of nitrogens with one attached hydrogen (secondary N) is 2. The Balaban J connectivity index is 1.71. The number of ether oxygens (including phenoxy) is 1. The topological polar surface area (TPSA) is 91.0 Å². The first kappa shape index (κ1) is 22.3. The molecule has 0 saturated carbocycles. The molecule has 1 aliphatic rings. The van der Waals surface area contributed by atoms with Gasteiger partial charge in [-0.25, -0.2) is 0 Å². The molecular weight excluding hydrogens is 396 g/mol. The maximum absolute atomic E-state index is 12.8. The first-order chi connectivity index (χ1) is 14.9. The zero-order chi connectivity index (χ0) is 22.4. The largest absolute Gasteiger partial charge is 0.497 e. The fourth-order valence-electron chi connectivity index (χ4n) is 3.77. The highest BCUT2D eigenvalue weighted by Crippen LogP contribution is 2.28. The third-order valence-corrected chi connectivity index (χ3v) is 5.23. The fourth-order valence-corrected chi connectivity index (χ4v) is 3.77. The van der Waals surface area contributed by atoms with Gasteiger partial charge in [-0.15, -0.1) is 0 Å². The monoisotopic (exact) mass is 424 g/mol. The van der Waals surface area contributed by atoms with E-state index in [0.29, 0.717) is 36.8 Å². The first-order valence-electron chi connectivity index (χ1n) is 10.2. The zero-order valence-corrected chi connectivity index (χ0v) is 18.1. The number of nitrogens with zero attached hydrogens (tertiary/aromatic N) is 2. The average molecular weight is 425 g/mol. The van der Waals surface area contributed by atoms with E-state index in [0.717, 1.165) is 5.56 Å². The van der Waals surface area contributed by atoms with Crippen LogP contribution in [0.15, 0.2) is 48.5 Å². The number of hydrogen-bond donors (Lipinski definition) is 2. The summed E-state index contributed by atoms with van der Waals surface area (Å²) >= 11 is 0. The van der Waals surface area contributed by atoms with Gasteiger partial charge in [0.2, 0.25) is 17.7 Å². The average Bonchev–Trinajstić information content (AvgIpc) is 2.75. The molecule has 1 atom stereocenters. The third kappa shape index (κ3) is 5.82. The van der Waals surface area contributed by atoms with Gasteiger partial charge in [0, 0.05) is 39.5 Å². The van der Waals surface area contributed by atoms with Gasteiger partial charge >= 0.3 is 0 Å². The number of anilines is 2. The molecule has 2 aromatic rings. The predicted octanol–water partition coefficient (Wildman–Crippen LogP) is 2.50. The molecule has 0 aromatic heterocycles. The summed E-state index contributed by atoms with van der Waals surface area (Å²) in [4.78, 5) is 40.3. The van der Waals surface area contributed by atoms with Crippen LogP contribution in [0.1, 0.15) is 25.5 Å². The molecule has 1 fully saturated rings. The Kier molecular flexibility index (Phi) is 7.25. The Morgan fingerprint density at radius 2 is 1.74 bits per heavy atom. The molecule has 1 saturated heterocycles. The molecule has 1 heterocycles. The number of hydrogen-bond acceptors (Lipinski definition) is 5. The van der Waals surface area contributed by atoms with Gasteiger partial charge in [-0.05, 0) is 17.7 Å². The minimum Gasteiger partial charge on any atom is -0.497 e. The van der Waals surface area contributed by atoms with E-state index in [1.165, 1.54) is 14.0 Å². The lowest BCUT2D eigenvalue weighted by Gasteiger charge is -2.41. The minimum atomic E-state index is -0.230. The van der Waals surface area contributed by atoms with Crippen LogP contribution >= 0.6 is 0 Å². The van der Waals surface area contributed by atoms with Crippen LogP contribution in [0, 0.1) is 0 Å². The molecule has 164 valence electrons. The SMILES string of the molecule is COc1ccc(NC(C)=O)c(NC(=O)CN2CCN(C(C)=O)[C@@H](c3ccccc3)C2)c1. The Labute approximate surface area is 182 Å². The molecule has 0 spiro atoms. The van der Waals surface area contributed by atoms with Gasteiger partial charge in [-0.1, -0.05) is 30.3 Å². The van der Waals surface area contributed by atoms with Crippen molar-refractivity contribution in [2.45, 2.75) is 19.9 Å². The highest BCUT2D eigenvalue weighted by molar-refractivity contribution is 5.99. The maximum Gasteiger partial charge on any atom is 0.238 e. The summed E-state index contributed by atoms with van der Waals surface area (Å²) in [6.45, 7) is 4.88. The van der Waals surface area contributed by atoms with E-state index in [4.69, 9.17) is 4.74 Å². The molecule has 0 unspecified atom stereocenters. The van der Waals surface area contributed by atoms with Crippen LogP contribution in [0.3, 0.4) is 0 Å². The van der Waals surface area contributed by atoms with E-state index >= 15 is 0 Å². The van der Waals surface area contributed by atoms with E-state index in [1.54, 1.807) is 25.1 Å². The van der Waals surface area contributed by atoms with Crippen LogP contribution < -0.4 is 15.4 Å². The first-order valence-corrected chi connectivity index (χ1v) is 10.2. The fraction of sp³-hybridized carbons (Fsp3) is 0.348. The van der Waals surface area contributed by atoms with Crippen LogP contribution in [0.4, 0.5) is 11.4 Å². The number of benzene rings is 2. The van der Waals surface area contributed by atoms with Crippen molar-refractivity contribution < 1.29 is 19.1 Å². The molecular formula is C23H28N4O4. The van der Waals surface area contributed by atoms with Crippen LogP contribution in [-0.2, 0) is 14.4 Å². The number of methoxy groups -OCH3 is 1. The second kappa shape index (κ2) is 10.1. The van der Waals surface area contributed by atoms with Gasteiger partial charge in [-0.3, -0.25) is 19.3 Å². The zero-order valence-electron chi connectivity index (χ0n) is 18.1. The molecule has 3 rings (SSSR count). The predicted molar refractivity (Wildman–Crippen MR) is 119 cm³/mol. The second-order valence-electron chi connectivity index (χ2n) is 7.51. The lowest BCUT2D eigenvalue weighted by atomic mass is 10.0. The molecule has 0 bridgehead atoms. The van der Waals surface area contributed by atoms with Gasteiger partial charge < -0.3 is 20.3 Å². The van der Waals surface area contributed by atoms with Crippen molar-refractivity contribution in [3.63, 3.8) is 0 Å². The van der Waals surface area contributed by atoms with Crippen LogP contribution in [0.2, 0.25) is 0 Å². The lowest BCUT2D eigenvalue weighted by molar-refractivity contribution is -0.134. The van der Waals surface area contributed by atoms with Crippen molar-refractivity contribution >= 4 is 29.1 Å². The lowest BCUT2D eigenvalue weighted by Crippen LogP contribution is -2.51. The van der Waals surface area contributed by atoms with Gasteiger partial charge in [0.05, 0.1) is 31.1 Å². The highest BCUT2D eigenvalue weighted by Gasteiger charge is 2.30. The second-order valence-corrected chi connectivity index (χ2v) is 7.51. The smallest absolute Gasteiger partial charge is 0.238 e. The van der Waals surface area contributed by atoms with Gasteiger partial charge in [0.15, 0.2) is 0 Å². The molecule has 0 radical (unpaired) electrons. The van der Waals surface area contributed by atoms with E-state index in [1.807, 2.05) is 40.1 Å². The summed E-state index contributed by atoms with van der Waals surface area (Å²) in [7, 11) is 1.54. The number of piperazine rings is 1. The van der Waals surface area contributed by atoms with Crippen LogP contribution in [0.5, 0.6) is 5.75 Å². The van der Waals surface area contributed by atoms with Crippen molar-refractivity contribution in [1.29, 1.82) is 0 Å². The van der Waals surface area contributed by atoms with E-state index in [2.05, 4.69) is 10.6 Å². The van der Waals surface area contributed by atoms with Crippen LogP contribution in [0.25, 0.3) is 0 Å². The molecule has 3 amide bonds. The Hall–Kier alpha value is -3.39. The van der Waals surface area contributed by atoms with Crippen molar-refractivity contribution in [2.75, 3.05) is 43.9 Å². The molecule has 31 heavy (non-hydrogen) atoms.